The molecule has 0 aliphatic carbocycles. The number of aryl methyl sites for hydroxylation is 1. The highest BCUT2D eigenvalue weighted by Gasteiger charge is 2.39. The lowest BCUT2D eigenvalue weighted by molar-refractivity contribution is 0.0276. The first-order chi connectivity index (χ1) is 15.0. The van der Waals surface area contributed by atoms with E-state index in [2.05, 4.69) is 15.2 Å². The van der Waals surface area contributed by atoms with Crippen LogP contribution in [0.25, 0.3) is 10.6 Å². The van der Waals surface area contributed by atoms with Crippen LogP contribution in [0.5, 0.6) is 5.19 Å². The Kier molecular flexibility index (Phi) is 4.89. The fourth-order valence-corrected chi connectivity index (χ4v) is 4.53. The number of thiazole rings is 1. The fraction of sp³-hybridized carbons (Fsp3) is 0.300. The second-order valence-electron chi connectivity index (χ2n) is 7.35. The van der Waals surface area contributed by atoms with Crippen LogP contribution in [0.3, 0.4) is 0 Å². The number of aromatic nitrogens is 3. The molecule has 11 heteroatoms. The third kappa shape index (κ3) is 3.76. The number of carbonyl (C=O) groups excluding carboxylic acids is 1. The summed E-state index contributed by atoms with van der Waals surface area (Å²) in [5, 5.41) is 10.1. The van der Waals surface area contributed by atoms with E-state index in [1.54, 1.807) is 28.2 Å². The molecule has 2 aliphatic rings. The maximum Gasteiger partial charge on any atom is 0.341 e. The normalized spacial score (nSPS) is 18.5. The number of nitrogens with zero attached hydrogens (tertiary/aromatic N) is 6. The van der Waals surface area contributed by atoms with Gasteiger partial charge in [-0.2, -0.15) is 10.2 Å². The summed E-state index contributed by atoms with van der Waals surface area (Å²) in [6.45, 7) is 0.769. The van der Waals surface area contributed by atoms with Crippen molar-refractivity contribution in [3.63, 3.8) is 0 Å². The maximum absolute atomic E-state index is 13.6. The predicted octanol–water partition coefficient (Wildman–Crippen LogP) is 3.44. The molecule has 0 unspecified atom stereocenters. The Morgan fingerprint density at radius 3 is 2.71 bits per heavy atom. The van der Waals surface area contributed by atoms with Crippen LogP contribution in [0, 0.1) is 11.6 Å². The second kappa shape index (κ2) is 7.73. The Bertz CT molecular complexity index is 1140. The molecule has 1 atom stereocenters. The Morgan fingerprint density at radius 1 is 1.23 bits per heavy atom. The van der Waals surface area contributed by atoms with Crippen molar-refractivity contribution in [3.8, 4) is 15.8 Å². The molecule has 0 N–H and O–H groups in total. The number of likely N-dealkylation sites (tertiary alicyclic amines) is 1. The monoisotopic (exact) mass is 444 g/mol. The topological polar surface area (TPSA) is 75.8 Å². The number of urea groups is 1. The molecular weight excluding hydrogens is 426 g/mol. The van der Waals surface area contributed by atoms with Crippen LogP contribution >= 0.6 is 11.3 Å². The van der Waals surface area contributed by atoms with Crippen LogP contribution in [0.4, 0.5) is 13.6 Å². The Hall–Kier alpha value is -3.34. The number of hydrogen-bond donors (Lipinski definition) is 0. The average Bonchev–Trinajstić information content (AvgIpc) is 3.43. The van der Waals surface area contributed by atoms with Crippen LogP contribution in [0.1, 0.15) is 18.0 Å². The van der Waals surface area contributed by atoms with Gasteiger partial charge in [0.05, 0.1) is 35.9 Å². The molecule has 160 valence electrons. The van der Waals surface area contributed by atoms with Gasteiger partial charge in [-0.1, -0.05) is 11.3 Å². The van der Waals surface area contributed by atoms with E-state index in [4.69, 9.17) is 4.74 Å². The summed E-state index contributed by atoms with van der Waals surface area (Å²) in [6.07, 6.45) is 5.26. The van der Waals surface area contributed by atoms with Gasteiger partial charge in [-0.15, -0.1) is 0 Å². The van der Waals surface area contributed by atoms with Crippen LogP contribution < -0.4 is 4.74 Å². The molecule has 1 fully saturated rings. The van der Waals surface area contributed by atoms with Crippen molar-refractivity contribution in [1.29, 1.82) is 0 Å². The summed E-state index contributed by atoms with van der Waals surface area (Å²) in [4.78, 5) is 19.7. The minimum atomic E-state index is -0.680. The smallest absolute Gasteiger partial charge is 0.341 e. The SMILES string of the molecule is Cn1nccc1-c1cnc(OC2CN(C(=O)N3N=CC[C@H]3c3cc(F)cc(F)c3)C2)s1. The molecule has 4 heterocycles. The van der Waals surface area contributed by atoms with Gasteiger partial charge in [0.25, 0.3) is 5.19 Å². The van der Waals surface area contributed by atoms with Gasteiger partial charge in [-0.25, -0.2) is 23.6 Å². The zero-order valence-electron chi connectivity index (χ0n) is 16.5. The minimum absolute atomic E-state index is 0.175. The number of hydrogen-bond acceptors (Lipinski definition) is 6. The van der Waals surface area contributed by atoms with Gasteiger partial charge >= 0.3 is 6.03 Å². The summed E-state index contributed by atoms with van der Waals surface area (Å²) in [7, 11) is 1.86. The summed E-state index contributed by atoms with van der Waals surface area (Å²) in [5.41, 5.74) is 1.33. The molecule has 0 spiro atoms. The van der Waals surface area contributed by atoms with Crippen LogP contribution in [0.2, 0.25) is 0 Å². The number of halogens is 2. The molecule has 0 saturated carbocycles. The molecule has 3 aromatic rings. The van der Waals surface area contributed by atoms with E-state index in [0.717, 1.165) is 16.6 Å². The lowest BCUT2D eigenvalue weighted by atomic mass is 10.0. The third-order valence-corrected chi connectivity index (χ3v) is 6.15. The highest BCUT2D eigenvalue weighted by molar-refractivity contribution is 7.16. The van der Waals surface area contributed by atoms with E-state index >= 15 is 0 Å². The van der Waals surface area contributed by atoms with Crippen molar-refractivity contribution < 1.29 is 18.3 Å². The molecule has 31 heavy (non-hydrogen) atoms. The van der Waals surface area contributed by atoms with E-state index in [1.165, 1.54) is 28.5 Å². The third-order valence-electron chi connectivity index (χ3n) is 5.24. The Morgan fingerprint density at radius 2 is 2.00 bits per heavy atom. The van der Waals surface area contributed by atoms with Gasteiger partial charge in [-0.05, 0) is 23.8 Å². The highest BCUT2D eigenvalue weighted by Crippen LogP contribution is 2.33. The summed E-state index contributed by atoms with van der Waals surface area (Å²) in [6, 6.07) is 4.32. The molecule has 5 rings (SSSR count). The van der Waals surface area contributed by atoms with Gasteiger partial charge in [0.1, 0.15) is 17.7 Å². The Labute approximate surface area is 180 Å². The molecule has 2 aromatic heterocycles. The summed E-state index contributed by atoms with van der Waals surface area (Å²) < 4.78 is 34.8. The van der Waals surface area contributed by atoms with Gasteiger partial charge in [0, 0.05) is 31.9 Å². The zero-order chi connectivity index (χ0) is 21.5. The minimum Gasteiger partial charge on any atom is -0.463 e. The quantitative estimate of drug-likeness (QED) is 0.618. The summed E-state index contributed by atoms with van der Waals surface area (Å²) >= 11 is 1.42. The lowest BCUT2D eigenvalue weighted by Gasteiger charge is -2.40. The molecule has 0 bridgehead atoms. The molecule has 1 aromatic carbocycles. The van der Waals surface area contributed by atoms with Gasteiger partial charge < -0.3 is 9.64 Å². The highest BCUT2D eigenvalue weighted by atomic mass is 32.1. The zero-order valence-corrected chi connectivity index (χ0v) is 17.3. The number of benzene rings is 1. The maximum atomic E-state index is 13.6. The number of rotatable bonds is 4. The average molecular weight is 444 g/mol. The van der Waals surface area contributed by atoms with Crippen molar-refractivity contribution in [2.45, 2.75) is 18.6 Å². The van der Waals surface area contributed by atoms with E-state index in [1.807, 2.05) is 13.1 Å². The van der Waals surface area contributed by atoms with E-state index < -0.39 is 17.7 Å². The van der Waals surface area contributed by atoms with Crippen LogP contribution in [-0.4, -0.2) is 56.1 Å². The fourth-order valence-electron chi connectivity index (χ4n) is 3.65. The van der Waals surface area contributed by atoms with Crippen molar-refractivity contribution in [1.82, 2.24) is 24.7 Å². The van der Waals surface area contributed by atoms with Crippen molar-refractivity contribution in [2.75, 3.05) is 13.1 Å². The first kappa shape index (κ1) is 19.6. The molecule has 2 aliphatic heterocycles. The van der Waals surface area contributed by atoms with Crippen LogP contribution in [0.15, 0.2) is 41.8 Å². The molecule has 1 saturated heterocycles. The van der Waals surface area contributed by atoms with E-state index in [9.17, 15) is 13.6 Å². The number of ether oxygens (including phenoxy) is 1. The number of carbonyl (C=O) groups is 1. The molecule has 2 amide bonds. The largest absolute Gasteiger partial charge is 0.463 e. The van der Waals surface area contributed by atoms with Crippen LogP contribution in [-0.2, 0) is 7.05 Å². The first-order valence-electron chi connectivity index (χ1n) is 9.65. The molecular formula is C20H18F2N6O2S. The van der Waals surface area contributed by atoms with Gasteiger partial charge in [0.2, 0.25) is 0 Å². The summed E-state index contributed by atoms with van der Waals surface area (Å²) in [5.74, 6) is -1.36. The van der Waals surface area contributed by atoms with Gasteiger partial charge in [-0.3, -0.25) is 4.68 Å². The van der Waals surface area contributed by atoms with Crippen molar-refractivity contribution in [2.24, 2.45) is 12.1 Å². The number of amides is 2. The lowest BCUT2D eigenvalue weighted by Crippen LogP contribution is -2.58. The second-order valence-corrected chi connectivity index (χ2v) is 8.35. The molecule has 8 nitrogen and oxygen atoms in total. The molecule has 0 radical (unpaired) electrons. The van der Waals surface area contributed by atoms with Crippen molar-refractivity contribution >= 4 is 23.6 Å². The van der Waals surface area contributed by atoms with Crippen molar-refractivity contribution in [3.05, 3.63) is 53.9 Å². The van der Waals surface area contributed by atoms with Gasteiger partial charge in [0.15, 0.2) is 0 Å². The van der Waals surface area contributed by atoms with E-state index in [-0.39, 0.29) is 12.1 Å². The van der Waals surface area contributed by atoms with E-state index in [0.29, 0.717) is 30.3 Å². The predicted molar refractivity (Wildman–Crippen MR) is 110 cm³/mol. The standard InChI is InChI=1S/C20H18F2N6O2S/c1-26-17(3-4-24-26)18-9-23-19(31-18)30-15-10-27(11-15)20(29)28-16(2-5-25-28)12-6-13(21)8-14(22)7-12/h3-9,15-16H,2,10-11H2,1H3/t16-/m0/s1. The number of hydrazone groups is 1. The first-order valence-corrected chi connectivity index (χ1v) is 10.5. The Balaban J connectivity index is 1.20.